The molecular formula is C18H21N3O4. The van der Waals surface area contributed by atoms with E-state index in [-0.39, 0.29) is 18.0 Å². The van der Waals surface area contributed by atoms with Crippen LogP contribution in [0, 0.1) is 0 Å². The number of carbonyl (C=O) groups excluding carboxylic acids is 1. The molecule has 2 aromatic rings. The van der Waals surface area contributed by atoms with Crippen molar-refractivity contribution < 1.29 is 19.0 Å². The van der Waals surface area contributed by atoms with E-state index < -0.39 is 0 Å². The van der Waals surface area contributed by atoms with Gasteiger partial charge < -0.3 is 19.5 Å². The third kappa shape index (κ3) is 4.24. The van der Waals surface area contributed by atoms with E-state index in [0.29, 0.717) is 23.7 Å². The molecule has 2 heterocycles. The summed E-state index contributed by atoms with van der Waals surface area (Å²) in [6, 6.07) is 9.15. The van der Waals surface area contributed by atoms with Gasteiger partial charge in [0.05, 0.1) is 26.0 Å². The number of aromatic nitrogens is 2. The van der Waals surface area contributed by atoms with Gasteiger partial charge in [-0.15, -0.1) is 0 Å². The van der Waals surface area contributed by atoms with E-state index in [2.05, 4.69) is 15.3 Å². The van der Waals surface area contributed by atoms with Crippen LogP contribution in [0.4, 0.5) is 0 Å². The molecule has 7 heteroatoms. The largest absolute Gasteiger partial charge is 0.481 e. The average Bonchev–Trinajstić information content (AvgIpc) is 3.19. The standard InChI is InChI=1S/C18H21N3O4/c1-23-16-10-15(20-18(21-16)24-2)12-5-7-13(8-6-12)17(22)19-11-14-4-3-9-25-14/h5-8,10,14H,3-4,9,11H2,1-2H3,(H,19,22). The highest BCUT2D eigenvalue weighted by Crippen LogP contribution is 2.23. The summed E-state index contributed by atoms with van der Waals surface area (Å²) in [5.41, 5.74) is 2.10. The summed E-state index contributed by atoms with van der Waals surface area (Å²) >= 11 is 0. The summed E-state index contributed by atoms with van der Waals surface area (Å²) in [6.45, 7) is 1.32. The zero-order valence-corrected chi connectivity index (χ0v) is 14.3. The molecule has 0 spiro atoms. The van der Waals surface area contributed by atoms with Gasteiger partial charge in [0.1, 0.15) is 0 Å². The van der Waals surface area contributed by atoms with Crippen molar-refractivity contribution in [1.29, 1.82) is 0 Å². The molecule has 1 aliphatic rings. The van der Waals surface area contributed by atoms with E-state index in [1.165, 1.54) is 14.2 Å². The maximum atomic E-state index is 12.2. The lowest BCUT2D eigenvalue weighted by molar-refractivity contribution is 0.0858. The molecule has 7 nitrogen and oxygen atoms in total. The van der Waals surface area contributed by atoms with Gasteiger partial charge in [0, 0.05) is 30.3 Å². The Labute approximate surface area is 146 Å². The Morgan fingerprint density at radius 2 is 2.04 bits per heavy atom. The van der Waals surface area contributed by atoms with Crippen LogP contribution in [-0.2, 0) is 4.74 Å². The normalized spacial score (nSPS) is 16.5. The van der Waals surface area contributed by atoms with Crippen molar-refractivity contribution in [1.82, 2.24) is 15.3 Å². The first kappa shape index (κ1) is 17.2. The summed E-state index contributed by atoms with van der Waals surface area (Å²) in [5, 5.41) is 2.91. The van der Waals surface area contributed by atoms with E-state index in [0.717, 1.165) is 25.0 Å². The highest BCUT2D eigenvalue weighted by atomic mass is 16.5. The van der Waals surface area contributed by atoms with Crippen LogP contribution in [0.1, 0.15) is 23.2 Å². The number of methoxy groups -OCH3 is 2. The first-order chi connectivity index (χ1) is 12.2. The second kappa shape index (κ2) is 7.94. The fourth-order valence-corrected chi connectivity index (χ4v) is 2.65. The lowest BCUT2D eigenvalue weighted by atomic mass is 10.1. The lowest BCUT2D eigenvalue weighted by Gasteiger charge is -2.11. The maximum Gasteiger partial charge on any atom is 0.320 e. The average molecular weight is 343 g/mol. The molecule has 1 atom stereocenters. The molecule has 0 radical (unpaired) electrons. The van der Waals surface area contributed by atoms with Gasteiger partial charge in [-0.05, 0) is 25.0 Å². The minimum absolute atomic E-state index is 0.111. The van der Waals surface area contributed by atoms with Crippen LogP contribution in [0.15, 0.2) is 30.3 Å². The summed E-state index contributed by atoms with van der Waals surface area (Å²) in [5.74, 6) is 0.306. The SMILES string of the molecule is COc1cc(-c2ccc(C(=O)NCC3CCCO3)cc2)nc(OC)n1. The summed E-state index contributed by atoms with van der Waals surface area (Å²) in [4.78, 5) is 20.6. The van der Waals surface area contributed by atoms with Crippen LogP contribution in [0.2, 0.25) is 0 Å². The zero-order chi connectivity index (χ0) is 17.6. The van der Waals surface area contributed by atoms with Crippen molar-refractivity contribution >= 4 is 5.91 Å². The molecule has 1 fully saturated rings. The Balaban J connectivity index is 1.70. The predicted molar refractivity (Wildman–Crippen MR) is 91.9 cm³/mol. The molecule has 25 heavy (non-hydrogen) atoms. The Morgan fingerprint density at radius 1 is 1.24 bits per heavy atom. The van der Waals surface area contributed by atoms with Gasteiger partial charge in [-0.1, -0.05) is 12.1 Å². The maximum absolute atomic E-state index is 12.2. The summed E-state index contributed by atoms with van der Waals surface area (Å²) in [7, 11) is 3.03. The van der Waals surface area contributed by atoms with Gasteiger partial charge in [0.15, 0.2) is 0 Å². The van der Waals surface area contributed by atoms with Crippen LogP contribution >= 0.6 is 0 Å². The van der Waals surface area contributed by atoms with Gasteiger partial charge in [-0.2, -0.15) is 9.97 Å². The zero-order valence-electron chi connectivity index (χ0n) is 14.3. The van der Waals surface area contributed by atoms with Crippen LogP contribution in [-0.4, -0.2) is 49.4 Å². The fraction of sp³-hybridized carbons (Fsp3) is 0.389. The van der Waals surface area contributed by atoms with Gasteiger partial charge in [0.25, 0.3) is 5.91 Å². The van der Waals surface area contributed by atoms with Crippen molar-refractivity contribution in [3.8, 4) is 23.1 Å². The van der Waals surface area contributed by atoms with Crippen LogP contribution in [0.5, 0.6) is 11.9 Å². The number of nitrogens with zero attached hydrogens (tertiary/aromatic N) is 2. The molecule has 132 valence electrons. The van der Waals surface area contributed by atoms with Crippen molar-refractivity contribution in [2.24, 2.45) is 0 Å². The lowest BCUT2D eigenvalue weighted by Crippen LogP contribution is -2.31. The highest BCUT2D eigenvalue weighted by molar-refractivity contribution is 5.94. The quantitative estimate of drug-likeness (QED) is 0.865. The molecule has 1 unspecified atom stereocenters. The van der Waals surface area contributed by atoms with Crippen molar-refractivity contribution in [2.75, 3.05) is 27.4 Å². The van der Waals surface area contributed by atoms with Gasteiger partial charge in [-0.3, -0.25) is 4.79 Å². The van der Waals surface area contributed by atoms with Gasteiger partial charge >= 0.3 is 6.01 Å². The molecule has 1 amide bonds. The van der Waals surface area contributed by atoms with Crippen molar-refractivity contribution in [3.05, 3.63) is 35.9 Å². The van der Waals surface area contributed by atoms with Crippen LogP contribution in [0.25, 0.3) is 11.3 Å². The number of carbonyl (C=O) groups is 1. The third-order valence-electron chi connectivity index (χ3n) is 4.03. The second-order valence-corrected chi connectivity index (χ2v) is 5.70. The Hall–Kier alpha value is -2.67. The minimum Gasteiger partial charge on any atom is -0.481 e. The molecule has 3 rings (SSSR count). The first-order valence-electron chi connectivity index (χ1n) is 8.17. The van der Waals surface area contributed by atoms with Crippen molar-refractivity contribution in [2.45, 2.75) is 18.9 Å². The van der Waals surface area contributed by atoms with E-state index in [1.807, 2.05) is 12.1 Å². The number of amides is 1. The van der Waals surface area contributed by atoms with Crippen molar-refractivity contribution in [3.63, 3.8) is 0 Å². The van der Waals surface area contributed by atoms with Gasteiger partial charge in [-0.25, -0.2) is 0 Å². The summed E-state index contributed by atoms with van der Waals surface area (Å²) < 4.78 is 15.7. The molecule has 0 bridgehead atoms. The van der Waals surface area contributed by atoms with E-state index >= 15 is 0 Å². The molecule has 0 aliphatic carbocycles. The molecule has 1 saturated heterocycles. The number of nitrogens with one attached hydrogen (secondary N) is 1. The van der Waals surface area contributed by atoms with Gasteiger partial charge in [0.2, 0.25) is 5.88 Å². The smallest absolute Gasteiger partial charge is 0.320 e. The van der Waals surface area contributed by atoms with E-state index in [4.69, 9.17) is 14.2 Å². The monoisotopic (exact) mass is 343 g/mol. The third-order valence-corrected chi connectivity index (χ3v) is 4.03. The Morgan fingerprint density at radius 3 is 2.68 bits per heavy atom. The van der Waals surface area contributed by atoms with Crippen LogP contribution in [0.3, 0.4) is 0 Å². The second-order valence-electron chi connectivity index (χ2n) is 5.70. The molecule has 1 aromatic heterocycles. The number of benzene rings is 1. The number of hydrogen-bond acceptors (Lipinski definition) is 6. The first-order valence-corrected chi connectivity index (χ1v) is 8.17. The predicted octanol–water partition coefficient (Wildman–Crippen LogP) is 2.07. The minimum atomic E-state index is -0.111. The van der Waals surface area contributed by atoms with E-state index in [1.54, 1.807) is 18.2 Å². The number of hydrogen-bond donors (Lipinski definition) is 1. The molecule has 1 aliphatic heterocycles. The molecule has 0 saturated carbocycles. The Kier molecular flexibility index (Phi) is 5.45. The fourth-order valence-electron chi connectivity index (χ4n) is 2.65. The Bertz CT molecular complexity index is 705. The molecular weight excluding hydrogens is 322 g/mol. The van der Waals surface area contributed by atoms with Crippen LogP contribution < -0.4 is 14.8 Å². The summed E-state index contributed by atoms with van der Waals surface area (Å²) in [6.07, 6.45) is 2.18. The molecule has 1 aromatic carbocycles. The number of rotatable bonds is 6. The number of ether oxygens (including phenoxy) is 3. The molecule has 1 N–H and O–H groups in total. The van der Waals surface area contributed by atoms with E-state index in [9.17, 15) is 4.79 Å². The topological polar surface area (TPSA) is 82.6 Å². The highest BCUT2D eigenvalue weighted by Gasteiger charge is 2.16.